The van der Waals surface area contributed by atoms with Crippen molar-refractivity contribution in [2.75, 3.05) is 5.75 Å². The van der Waals surface area contributed by atoms with Crippen molar-refractivity contribution in [3.63, 3.8) is 0 Å². The molecule has 3 rings (SSSR count). The number of fused-ring (bicyclic) bond motifs is 1. The fourth-order valence-corrected chi connectivity index (χ4v) is 3.27. The summed E-state index contributed by atoms with van der Waals surface area (Å²) >= 11 is 7.50. The molecule has 2 heterocycles. The normalized spacial score (nSPS) is 12.3. The van der Waals surface area contributed by atoms with Crippen LogP contribution in [-0.4, -0.2) is 26.3 Å². The third kappa shape index (κ3) is 3.65. The number of hydrogen-bond donors (Lipinski definition) is 1. The van der Waals surface area contributed by atoms with Crippen LogP contribution in [0.2, 0.25) is 5.02 Å². The second-order valence-electron chi connectivity index (χ2n) is 5.01. The van der Waals surface area contributed by atoms with Gasteiger partial charge in [-0.2, -0.15) is 0 Å². The lowest BCUT2D eigenvalue weighted by atomic mass is 10.1. The molecular formula is C16H15ClN4OS. The topological polar surface area (TPSA) is 59.3 Å². The first kappa shape index (κ1) is 15.8. The monoisotopic (exact) mass is 346 g/mol. The van der Waals surface area contributed by atoms with Gasteiger partial charge in [0.25, 0.3) is 0 Å². The van der Waals surface area contributed by atoms with Crippen LogP contribution in [0.25, 0.3) is 5.65 Å². The summed E-state index contributed by atoms with van der Waals surface area (Å²) < 4.78 is 1.86. The molecule has 1 aromatic carbocycles. The molecule has 1 amide bonds. The third-order valence-electron chi connectivity index (χ3n) is 3.36. The molecule has 3 aromatic rings. The fraction of sp³-hybridized carbons (Fsp3) is 0.188. The van der Waals surface area contributed by atoms with Gasteiger partial charge in [-0.25, -0.2) is 0 Å². The van der Waals surface area contributed by atoms with E-state index in [0.717, 1.165) is 11.2 Å². The lowest BCUT2D eigenvalue weighted by Crippen LogP contribution is -2.28. The Morgan fingerprint density at radius 1 is 1.26 bits per heavy atom. The van der Waals surface area contributed by atoms with Crippen LogP contribution in [0.3, 0.4) is 0 Å². The predicted octanol–water partition coefficient (Wildman–Crippen LogP) is 3.35. The number of benzene rings is 1. The van der Waals surface area contributed by atoms with Gasteiger partial charge in [0.1, 0.15) is 0 Å². The van der Waals surface area contributed by atoms with Gasteiger partial charge in [0, 0.05) is 11.2 Å². The average Bonchev–Trinajstić information content (AvgIpc) is 2.96. The number of rotatable bonds is 5. The highest BCUT2D eigenvalue weighted by atomic mass is 35.5. The lowest BCUT2D eigenvalue weighted by Gasteiger charge is -2.15. The quantitative estimate of drug-likeness (QED) is 0.720. The Bertz CT molecular complexity index is 836. The zero-order valence-corrected chi connectivity index (χ0v) is 14.0. The van der Waals surface area contributed by atoms with E-state index in [0.29, 0.717) is 10.2 Å². The van der Waals surface area contributed by atoms with Gasteiger partial charge < -0.3 is 5.32 Å². The van der Waals surface area contributed by atoms with Gasteiger partial charge >= 0.3 is 0 Å². The highest BCUT2D eigenvalue weighted by molar-refractivity contribution is 7.99. The van der Waals surface area contributed by atoms with Crippen LogP contribution >= 0.6 is 23.4 Å². The predicted molar refractivity (Wildman–Crippen MR) is 91.7 cm³/mol. The number of pyridine rings is 1. The molecule has 0 aliphatic rings. The van der Waals surface area contributed by atoms with E-state index in [1.165, 1.54) is 11.8 Å². The summed E-state index contributed by atoms with van der Waals surface area (Å²) in [5.41, 5.74) is 1.67. The molecule has 0 aliphatic carbocycles. The van der Waals surface area contributed by atoms with E-state index in [2.05, 4.69) is 15.5 Å². The van der Waals surface area contributed by atoms with E-state index < -0.39 is 0 Å². The maximum Gasteiger partial charge on any atom is 0.230 e. The first-order valence-corrected chi connectivity index (χ1v) is 8.48. The first-order valence-electron chi connectivity index (χ1n) is 7.11. The highest BCUT2D eigenvalue weighted by Crippen LogP contribution is 2.22. The van der Waals surface area contributed by atoms with Gasteiger partial charge in [-0.3, -0.25) is 9.20 Å². The number of amides is 1. The molecule has 0 unspecified atom stereocenters. The van der Waals surface area contributed by atoms with Crippen molar-refractivity contribution in [2.24, 2.45) is 0 Å². The first-order chi connectivity index (χ1) is 11.1. The van der Waals surface area contributed by atoms with Crippen LogP contribution in [0.5, 0.6) is 0 Å². The average molecular weight is 347 g/mol. The van der Waals surface area contributed by atoms with Gasteiger partial charge in [-0.05, 0) is 30.7 Å². The van der Waals surface area contributed by atoms with Crippen molar-refractivity contribution in [3.05, 3.63) is 59.2 Å². The maximum absolute atomic E-state index is 12.1. The van der Waals surface area contributed by atoms with Gasteiger partial charge in [-0.1, -0.05) is 47.6 Å². The Morgan fingerprint density at radius 3 is 2.87 bits per heavy atom. The van der Waals surface area contributed by atoms with Crippen molar-refractivity contribution in [2.45, 2.75) is 18.1 Å². The van der Waals surface area contributed by atoms with Crippen LogP contribution in [-0.2, 0) is 4.79 Å². The van der Waals surface area contributed by atoms with Crippen molar-refractivity contribution in [1.29, 1.82) is 0 Å². The Balaban J connectivity index is 1.61. The molecule has 0 fully saturated rings. The highest BCUT2D eigenvalue weighted by Gasteiger charge is 2.14. The number of hydrogen-bond acceptors (Lipinski definition) is 4. The molecule has 2 aromatic heterocycles. The largest absolute Gasteiger partial charge is 0.349 e. The van der Waals surface area contributed by atoms with E-state index >= 15 is 0 Å². The van der Waals surface area contributed by atoms with Crippen molar-refractivity contribution >= 4 is 34.9 Å². The SMILES string of the molecule is C[C@@H](NC(=O)CSc1nnc2ccccn12)c1ccccc1Cl. The summed E-state index contributed by atoms with van der Waals surface area (Å²) in [6.45, 7) is 1.91. The Kier molecular flexibility index (Phi) is 4.83. The molecule has 5 nitrogen and oxygen atoms in total. The number of carbonyl (C=O) groups excluding carboxylic acids is 1. The minimum absolute atomic E-state index is 0.0740. The van der Waals surface area contributed by atoms with Crippen molar-refractivity contribution in [3.8, 4) is 0 Å². The number of nitrogens with zero attached hydrogens (tertiary/aromatic N) is 3. The van der Waals surface area contributed by atoms with E-state index in [-0.39, 0.29) is 17.7 Å². The molecular weight excluding hydrogens is 332 g/mol. The Morgan fingerprint density at radius 2 is 2.04 bits per heavy atom. The zero-order chi connectivity index (χ0) is 16.2. The summed E-state index contributed by atoms with van der Waals surface area (Å²) in [6.07, 6.45) is 1.88. The minimum atomic E-state index is -0.146. The fourth-order valence-electron chi connectivity index (χ4n) is 2.24. The standard InChI is InChI=1S/C16H15ClN4OS/c1-11(12-6-2-3-7-13(12)17)18-15(22)10-23-16-20-19-14-8-4-5-9-21(14)16/h2-9,11H,10H2,1H3,(H,18,22)/t11-/m1/s1. The molecule has 0 aliphatic heterocycles. The molecule has 0 saturated heterocycles. The molecule has 0 radical (unpaired) electrons. The van der Waals surface area contributed by atoms with Crippen LogP contribution in [0, 0.1) is 0 Å². The molecule has 0 spiro atoms. The number of halogens is 1. The smallest absolute Gasteiger partial charge is 0.230 e. The number of aromatic nitrogens is 3. The number of nitrogens with one attached hydrogen (secondary N) is 1. The van der Waals surface area contributed by atoms with Gasteiger partial charge in [0.2, 0.25) is 5.91 Å². The summed E-state index contributed by atoms with van der Waals surface area (Å²) in [6, 6.07) is 13.0. The third-order valence-corrected chi connectivity index (χ3v) is 4.65. The molecule has 1 atom stereocenters. The van der Waals surface area contributed by atoms with Crippen molar-refractivity contribution in [1.82, 2.24) is 19.9 Å². The second kappa shape index (κ2) is 7.02. The summed E-state index contributed by atoms with van der Waals surface area (Å²) in [5, 5.41) is 12.4. The minimum Gasteiger partial charge on any atom is -0.349 e. The molecule has 1 N–H and O–H groups in total. The van der Waals surface area contributed by atoms with Crippen molar-refractivity contribution < 1.29 is 4.79 Å². The number of carbonyl (C=O) groups is 1. The van der Waals surface area contributed by atoms with Crippen LogP contribution in [0.15, 0.2) is 53.8 Å². The summed E-state index contributed by atoms with van der Waals surface area (Å²) in [7, 11) is 0. The summed E-state index contributed by atoms with van der Waals surface area (Å²) in [4.78, 5) is 12.1. The van der Waals surface area contributed by atoms with Gasteiger partial charge in [0.05, 0.1) is 11.8 Å². The molecule has 7 heteroatoms. The van der Waals surface area contributed by atoms with Crippen LogP contribution in [0.1, 0.15) is 18.5 Å². The Labute approximate surface area is 143 Å². The molecule has 118 valence electrons. The van der Waals surface area contributed by atoms with Crippen LogP contribution < -0.4 is 5.32 Å². The van der Waals surface area contributed by atoms with Gasteiger partial charge in [0.15, 0.2) is 10.8 Å². The Hall–Kier alpha value is -2.05. The zero-order valence-electron chi connectivity index (χ0n) is 12.4. The van der Waals surface area contributed by atoms with E-state index in [1.54, 1.807) is 0 Å². The summed E-state index contributed by atoms with van der Waals surface area (Å²) in [5.74, 6) is 0.194. The van der Waals surface area contributed by atoms with E-state index in [1.807, 2.05) is 60.0 Å². The van der Waals surface area contributed by atoms with Crippen LogP contribution in [0.4, 0.5) is 0 Å². The van der Waals surface area contributed by atoms with E-state index in [9.17, 15) is 4.79 Å². The number of thioether (sulfide) groups is 1. The van der Waals surface area contributed by atoms with E-state index in [4.69, 9.17) is 11.6 Å². The molecule has 0 saturated carbocycles. The van der Waals surface area contributed by atoms with Gasteiger partial charge in [-0.15, -0.1) is 10.2 Å². The maximum atomic E-state index is 12.1. The molecule has 0 bridgehead atoms. The second-order valence-corrected chi connectivity index (χ2v) is 6.36. The molecule has 23 heavy (non-hydrogen) atoms. The lowest BCUT2D eigenvalue weighted by molar-refractivity contribution is -0.119.